The highest BCUT2D eigenvalue weighted by atomic mass is 16.1. The standard InChI is InChI=1S/C15H30N2O/c1-4-8-13(9-5-2)15(18)17-12(3)14-10-6-7-11-16-14/h12-14,16H,4-11H2,1-3H3,(H,17,18). The van der Waals surface area contributed by atoms with Gasteiger partial charge >= 0.3 is 0 Å². The van der Waals surface area contributed by atoms with Gasteiger partial charge in [0.05, 0.1) is 0 Å². The van der Waals surface area contributed by atoms with Crippen molar-refractivity contribution < 1.29 is 4.79 Å². The Hall–Kier alpha value is -0.570. The van der Waals surface area contributed by atoms with E-state index in [9.17, 15) is 4.79 Å². The zero-order chi connectivity index (χ0) is 13.4. The summed E-state index contributed by atoms with van der Waals surface area (Å²) < 4.78 is 0. The third kappa shape index (κ3) is 4.97. The van der Waals surface area contributed by atoms with Gasteiger partial charge in [-0.3, -0.25) is 4.79 Å². The van der Waals surface area contributed by atoms with Crippen molar-refractivity contribution in [1.82, 2.24) is 10.6 Å². The molecule has 1 heterocycles. The Balaban J connectivity index is 2.40. The molecular formula is C15H30N2O. The molecule has 0 aliphatic carbocycles. The Kier molecular flexibility index (Phi) is 7.33. The Labute approximate surface area is 112 Å². The monoisotopic (exact) mass is 254 g/mol. The van der Waals surface area contributed by atoms with E-state index in [1.54, 1.807) is 0 Å². The van der Waals surface area contributed by atoms with Crippen molar-refractivity contribution in [2.75, 3.05) is 6.54 Å². The predicted octanol–water partition coefficient (Wildman–Crippen LogP) is 2.85. The lowest BCUT2D eigenvalue weighted by atomic mass is 9.95. The van der Waals surface area contributed by atoms with Crippen molar-refractivity contribution in [3.8, 4) is 0 Å². The van der Waals surface area contributed by atoms with Crippen LogP contribution >= 0.6 is 0 Å². The van der Waals surface area contributed by atoms with Gasteiger partial charge < -0.3 is 10.6 Å². The van der Waals surface area contributed by atoms with E-state index in [1.165, 1.54) is 19.3 Å². The van der Waals surface area contributed by atoms with Gasteiger partial charge in [0.2, 0.25) is 5.91 Å². The number of hydrogen-bond donors (Lipinski definition) is 2. The number of amides is 1. The fraction of sp³-hybridized carbons (Fsp3) is 0.933. The van der Waals surface area contributed by atoms with Crippen LogP contribution in [-0.2, 0) is 4.79 Å². The number of piperidine rings is 1. The average molecular weight is 254 g/mol. The summed E-state index contributed by atoms with van der Waals surface area (Å²) in [4.78, 5) is 12.2. The van der Waals surface area contributed by atoms with Gasteiger partial charge in [-0.15, -0.1) is 0 Å². The van der Waals surface area contributed by atoms with Gasteiger partial charge in [0.25, 0.3) is 0 Å². The van der Waals surface area contributed by atoms with Gasteiger partial charge in [-0.1, -0.05) is 33.1 Å². The van der Waals surface area contributed by atoms with Crippen LogP contribution in [0.3, 0.4) is 0 Å². The second-order valence-corrected chi connectivity index (χ2v) is 5.63. The van der Waals surface area contributed by atoms with E-state index in [0.29, 0.717) is 6.04 Å². The van der Waals surface area contributed by atoms with Crippen molar-refractivity contribution >= 4 is 5.91 Å². The highest BCUT2D eigenvalue weighted by molar-refractivity contribution is 5.78. The van der Waals surface area contributed by atoms with Crippen LogP contribution in [0.5, 0.6) is 0 Å². The SMILES string of the molecule is CCCC(CCC)C(=O)NC(C)C1CCCCN1. The second-order valence-electron chi connectivity index (χ2n) is 5.63. The van der Waals surface area contributed by atoms with Gasteiger partial charge in [0.1, 0.15) is 0 Å². The molecule has 2 N–H and O–H groups in total. The van der Waals surface area contributed by atoms with Crippen LogP contribution in [-0.4, -0.2) is 24.5 Å². The first-order valence-electron chi connectivity index (χ1n) is 7.72. The minimum atomic E-state index is 0.214. The molecule has 18 heavy (non-hydrogen) atoms. The van der Waals surface area contributed by atoms with Gasteiger partial charge in [-0.05, 0) is 39.2 Å². The van der Waals surface area contributed by atoms with Crippen LogP contribution < -0.4 is 10.6 Å². The summed E-state index contributed by atoms with van der Waals surface area (Å²) in [6, 6.07) is 0.723. The lowest BCUT2D eigenvalue weighted by molar-refractivity contribution is -0.126. The number of carbonyl (C=O) groups excluding carboxylic acids is 1. The van der Waals surface area contributed by atoms with Gasteiger partial charge in [0, 0.05) is 18.0 Å². The fourth-order valence-electron chi connectivity index (χ4n) is 2.85. The highest BCUT2D eigenvalue weighted by Crippen LogP contribution is 2.15. The van der Waals surface area contributed by atoms with Crippen LogP contribution in [0.2, 0.25) is 0 Å². The van der Waals surface area contributed by atoms with Crippen molar-refractivity contribution in [2.24, 2.45) is 5.92 Å². The zero-order valence-corrected chi connectivity index (χ0v) is 12.3. The molecule has 0 aromatic carbocycles. The normalized spacial score (nSPS) is 21.9. The Morgan fingerprint density at radius 2 is 1.94 bits per heavy atom. The minimum Gasteiger partial charge on any atom is -0.352 e. The Bertz CT molecular complexity index is 231. The molecule has 1 fully saturated rings. The summed E-state index contributed by atoms with van der Waals surface area (Å²) in [5.74, 6) is 0.476. The maximum absolute atomic E-state index is 12.2. The molecule has 0 aromatic heterocycles. The van der Waals surface area contributed by atoms with Gasteiger partial charge in [0.15, 0.2) is 0 Å². The van der Waals surface area contributed by atoms with Gasteiger partial charge in [-0.25, -0.2) is 0 Å². The molecule has 3 heteroatoms. The van der Waals surface area contributed by atoms with E-state index in [4.69, 9.17) is 0 Å². The molecule has 0 spiro atoms. The first-order valence-corrected chi connectivity index (χ1v) is 7.72. The molecular weight excluding hydrogens is 224 g/mol. The number of rotatable bonds is 7. The number of carbonyl (C=O) groups is 1. The van der Waals surface area contributed by atoms with E-state index in [-0.39, 0.29) is 17.9 Å². The van der Waals surface area contributed by atoms with Gasteiger partial charge in [-0.2, -0.15) is 0 Å². The fourth-order valence-corrected chi connectivity index (χ4v) is 2.85. The smallest absolute Gasteiger partial charge is 0.223 e. The number of nitrogens with one attached hydrogen (secondary N) is 2. The zero-order valence-electron chi connectivity index (χ0n) is 12.3. The molecule has 0 radical (unpaired) electrons. The molecule has 1 rings (SSSR count). The molecule has 106 valence electrons. The average Bonchev–Trinajstić information content (AvgIpc) is 2.39. The first kappa shape index (κ1) is 15.5. The first-order chi connectivity index (χ1) is 8.69. The summed E-state index contributed by atoms with van der Waals surface area (Å²) in [7, 11) is 0. The number of hydrogen-bond acceptors (Lipinski definition) is 2. The largest absolute Gasteiger partial charge is 0.352 e. The minimum absolute atomic E-state index is 0.214. The second kappa shape index (κ2) is 8.52. The predicted molar refractivity (Wildman–Crippen MR) is 76.6 cm³/mol. The summed E-state index contributed by atoms with van der Waals surface area (Å²) >= 11 is 0. The van der Waals surface area contributed by atoms with E-state index >= 15 is 0 Å². The van der Waals surface area contributed by atoms with Crippen LogP contribution in [0, 0.1) is 5.92 Å². The highest BCUT2D eigenvalue weighted by Gasteiger charge is 2.23. The molecule has 2 unspecified atom stereocenters. The molecule has 1 aliphatic rings. The molecule has 1 amide bonds. The summed E-state index contributed by atoms with van der Waals surface area (Å²) in [5.41, 5.74) is 0. The maximum Gasteiger partial charge on any atom is 0.223 e. The van der Waals surface area contributed by atoms with Crippen LogP contribution in [0.15, 0.2) is 0 Å². The molecule has 0 bridgehead atoms. The van der Waals surface area contributed by atoms with E-state index in [0.717, 1.165) is 32.2 Å². The van der Waals surface area contributed by atoms with Crippen molar-refractivity contribution in [3.05, 3.63) is 0 Å². The van der Waals surface area contributed by atoms with Crippen LogP contribution in [0.25, 0.3) is 0 Å². The van der Waals surface area contributed by atoms with E-state index < -0.39 is 0 Å². The quantitative estimate of drug-likeness (QED) is 0.733. The Morgan fingerprint density at radius 1 is 1.28 bits per heavy atom. The third-order valence-corrected chi connectivity index (χ3v) is 3.97. The van der Waals surface area contributed by atoms with Crippen LogP contribution in [0.1, 0.15) is 65.7 Å². The van der Waals surface area contributed by atoms with Crippen LogP contribution in [0.4, 0.5) is 0 Å². The maximum atomic E-state index is 12.2. The Morgan fingerprint density at radius 3 is 2.44 bits per heavy atom. The molecule has 0 saturated carbocycles. The summed E-state index contributed by atoms with van der Waals surface area (Å²) in [5, 5.41) is 6.73. The van der Waals surface area contributed by atoms with Crippen molar-refractivity contribution in [3.63, 3.8) is 0 Å². The topological polar surface area (TPSA) is 41.1 Å². The molecule has 0 aromatic rings. The lowest BCUT2D eigenvalue weighted by Crippen LogP contribution is -2.51. The van der Waals surface area contributed by atoms with E-state index in [2.05, 4.69) is 31.4 Å². The molecule has 3 nitrogen and oxygen atoms in total. The lowest BCUT2D eigenvalue weighted by Gasteiger charge is -2.30. The third-order valence-electron chi connectivity index (χ3n) is 3.97. The summed E-state index contributed by atoms with van der Waals surface area (Å²) in [6.45, 7) is 7.54. The van der Waals surface area contributed by atoms with Crippen molar-refractivity contribution in [2.45, 2.75) is 77.8 Å². The molecule has 2 atom stereocenters. The van der Waals surface area contributed by atoms with Crippen molar-refractivity contribution in [1.29, 1.82) is 0 Å². The summed E-state index contributed by atoms with van der Waals surface area (Å²) in [6.07, 6.45) is 7.96. The van der Waals surface area contributed by atoms with E-state index in [1.807, 2.05) is 0 Å². The molecule has 1 aliphatic heterocycles. The molecule has 1 saturated heterocycles.